The van der Waals surface area contributed by atoms with Gasteiger partial charge in [0.05, 0.1) is 13.2 Å². The van der Waals surface area contributed by atoms with Crippen LogP contribution >= 0.6 is 21.6 Å². The van der Waals surface area contributed by atoms with E-state index in [2.05, 4.69) is 22.3 Å². The molecule has 0 spiro atoms. The van der Waals surface area contributed by atoms with Crippen LogP contribution in [-0.4, -0.2) is 43.2 Å². The molecule has 3 rings (SSSR count). The molecule has 1 amide bonds. The van der Waals surface area contributed by atoms with Gasteiger partial charge in [-0.3, -0.25) is 4.79 Å². The van der Waals surface area contributed by atoms with E-state index in [0.29, 0.717) is 6.42 Å². The summed E-state index contributed by atoms with van der Waals surface area (Å²) < 4.78 is 5.38. The van der Waals surface area contributed by atoms with E-state index < -0.39 is 0 Å². The fourth-order valence-corrected chi connectivity index (χ4v) is 6.05. The van der Waals surface area contributed by atoms with Gasteiger partial charge < -0.3 is 15.0 Å². The molecule has 1 N–H and O–H groups in total. The highest BCUT2D eigenvalue weighted by Gasteiger charge is 2.16. The van der Waals surface area contributed by atoms with Crippen molar-refractivity contribution in [3.8, 4) is 0 Å². The predicted octanol–water partition coefficient (Wildman–Crippen LogP) is 4.18. The normalized spacial score (nSPS) is 21.0. The largest absolute Gasteiger partial charge is 0.378 e. The van der Waals surface area contributed by atoms with Crippen molar-refractivity contribution in [2.45, 2.75) is 37.4 Å². The highest BCUT2D eigenvalue weighted by atomic mass is 33.1. The molecular formula is C18H26N2O2S2. The Hall–Kier alpha value is -0.850. The first-order valence-electron chi connectivity index (χ1n) is 8.82. The second-order valence-corrected chi connectivity index (χ2v) is 9.06. The topological polar surface area (TPSA) is 41.6 Å². The molecule has 0 aromatic heterocycles. The van der Waals surface area contributed by atoms with E-state index in [-0.39, 0.29) is 5.91 Å². The van der Waals surface area contributed by atoms with Crippen LogP contribution in [0.3, 0.4) is 0 Å². The Bertz CT molecular complexity index is 512. The number of ether oxygens (including phenoxy) is 1. The first-order chi connectivity index (χ1) is 11.8. The summed E-state index contributed by atoms with van der Waals surface area (Å²) in [6, 6.07) is 8.15. The van der Waals surface area contributed by atoms with Gasteiger partial charge in [-0.05, 0) is 43.5 Å². The number of carbonyl (C=O) groups excluding carboxylic acids is 1. The first-order valence-corrected chi connectivity index (χ1v) is 11.2. The number of hydrogen-bond donors (Lipinski definition) is 1. The molecular weight excluding hydrogens is 340 g/mol. The monoisotopic (exact) mass is 366 g/mol. The highest BCUT2D eigenvalue weighted by molar-refractivity contribution is 8.77. The molecule has 1 aromatic rings. The molecule has 24 heavy (non-hydrogen) atoms. The molecule has 1 atom stereocenters. The number of benzene rings is 1. The number of rotatable bonds is 7. The van der Waals surface area contributed by atoms with Crippen LogP contribution in [0.2, 0.25) is 0 Å². The molecule has 6 heteroatoms. The lowest BCUT2D eigenvalue weighted by molar-refractivity contribution is -0.116. The number of nitrogens with zero attached hydrogens (tertiary/aromatic N) is 1. The summed E-state index contributed by atoms with van der Waals surface area (Å²) in [6.45, 7) is 3.44. The van der Waals surface area contributed by atoms with Crippen molar-refractivity contribution in [3.05, 3.63) is 24.3 Å². The second kappa shape index (κ2) is 9.59. The average Bonchev–Trinajstić information content (AvgIpc) is 3.14. The molecule has 2 aliphatic rings. The van der Waals surface area contributed by atoms with Crippen molar-refractivity contribution in [1.29, 1.82) is 0 Å². The minimum Gasteiger partial charge on any atom is -0.378 e. The van der Waals surface area contributed by atoms with Gasteiger partial charge in [-0.1, -0.05) is 28.0 Å². The number of carbonyl (C=O) groups is 1. The lowest BCUT2D eigenvalue weighted by Gasteiger charge is -2.28. The van der Waals surface area contributed by atoms with Crippen molar-refractivity contribution < 1.29 is 9.53 Å². The summed E-state index contributed by atoms with van der Waals surface area (Å²) in [5.41, 5.74) is 2.09. The Balaban J connectivity index is 1.36. The van der Waals surface area contributed by atoms with Crippen molar-refractivity contribution in [1.82, 2.24) is 0 Å². The van der Waals surface area contributed by atoms with Crippen LogP contribution in [0.5, 0.6) is 0 Å². The zero-order chi connectivity index (χ0) is 16.6. The molecule has 2 saturated heterocycles. The summed E-state index contributed by atoms with van der Waals surface area (Å²) in [6.07, 6.45) is 5.34. The standard InChI is InChI=1S/C18H26N2O2S2/c21-18(4-2-1-3-17-9-14-23-24-17)19-15-5-7-16(8-6-15)20-10-12-22-13-11-20/h5-8,17H,1-4,9-14H2,(H,19,21)/t17-/m1/s1. The Morgan fingerprint density at radius 1 is 1.21 bits per heavy atom. The lowest BCUT2D eigenvalue weighted by Crippen LogP contribution is -2.36. The maximum atomic E-state index is 12.0. The number of anilines is 2. The summed E-state index contributed by atoms with van der Waals surface area (Å²) in [4.78, 5) is 14.4. The van der Waals surface area contributed by atoms with E-state index in [9.17, 15) is 4.79 Å². The molecule has 1 aromatic carbocycles. The van der Waals surface area contributed by atoms with Crippen LogP contribution in [0.25, 0.3) is 0 Å². The quantitative estimate of drug-likeness (QED) is 0.579. The molecule has 0 aliphatic carbocycles. The molecule has 132 valence electrons. The number of nitrogens with one attached hydrogen (secondary N) is 1. The van der Waals surface area contributed by atoms with E-state index in [1.807, 2.05) is 33.7 Å². The predicted molar refractivity (Wildman–Crippen MR) is 105 cm³/mol. The Morgan fingerprint density at radius 3 is 2.71 bits per heavy atom. The maximum Gasteiger partial charge on any atom is 0.224 e. The van der Waals surface area contributed by atoms with E-state index >= 15 is 0 Å². The van der Waals surface area contributed by atoms with Crippen molar-refractivity contribution in [3.63, 3.8) is 0 Å². The molecule has 0 radical (unpaired) electrons. The third kappa shape index (κ3) is 5.60. The molecule has 0 bridgehead atoms. The van der Waals surface area contributed by atoms with Crippen molar-refractivity contribution in [2.24, 2.45) is 0 Å². The van der Waals surface area contributed by atoms with Crippen molar-refractivity contribution in [2.75, 3.05) is 42.3 Å². The Morgan fingerprint density at radius 2 is 2.00 bits per heavy atom. The van der Waals surface area contributed by atoms with E-state index in [0.717, 1.165) is 50.1 Å². The van der Waals surface area contributed by atoms with Gasteiger partial charge in [0, 0.05) is 41.9 Å². The van der Waals surface area contributed by atoms with Crippen molar-refractivity contribution >= 4 is 38.9 Å². The van der Waals surface area contributed by atoms with Gasteiger partial charge in [-0.15, -0.1) is 0 Å². The van der Waals surface area contributed by atoms with Gasteiger partial charge in [-0.2, -0.15) is 0 Å². The molecule has 0 saturated carbocycles. The zero-order valence-electron chi connectivity index (χ0n) is 14.0. The van der Waals surface area contributed by atoms with Gasteiger partial charge in [0.2, 0.25) is 5.91 Å². The zero-order valence-corrected chi connectivity index (χ0v) is 15.7. The number of amides is 1. The van der Waals surface area contributed by atoms with Gasteiger partial charge >= 0.3 is 0 Å². The van der Waals surface area contributed by atoms with Crippen LogP contribution in [0.1, 0.15) is 32.1 Å². The third-order valence-corrected chi connectivity index (χ3v) is 7.44. The van der Waals surface area contributed by atoms with Gasteiger partial charge in [0.15, 0.2) is 0 Å². The lowest BCUT2D eigenvalue weighted by atomic mass is 10.1. The Labute approximate surface area is 152 Å². The average molecular weight is 367 g/mol. The molecule has 2 heterocycles. The maximum absolute atomic E-state index is 12.0. The molecule has 4 nitrogen and oxygen atoms in total. The minimum atomic E-state index is 0.127. The van der Waals surface area contributed by atoms with Crippen LogP contribution in [0.4, 0.5) is 11.4 Å². The van der Waals surface area contributed by atoms with Gasteiger partial charge in [0.25, 0.3) is 0 Å². The highest BCUT2D eigenvalue weighted by Crippen LogP contribution is 2.39. The van der Waals surface area contributed by atoms with Crippen LogP contribution in [0.15, 0.2) is 24.3 Å². The first kappa shape index (κ1) is 18.0. The van der Waals surface area contributed by atoms with E-state index in [1.54, 1.807) is 0 Å². The van der Waals surface area contributed by atoms with Crippen LogP contribution < -0.4 is 10.2 Å². The fourth-order valence-electron chi connectivity index (χ4n) is 3.02. The van der Waals surface area contributed by atoms with Crippen LogP contribution in [-0.2, 0) is 9.53 Å². The third-order valence-electron chi connectivity index (χ3n) is 4.43. The number of unbranched alkanes of at least 4 members (excludes halogenated alkanes) is 1. The SMILES string of the molecule is O=C(CCCC[C@@H]1CCSS1)Nc1ccc(N2CCOCC2)cc1. The minimum absolute atomic E-state index is 0.127. The molecule has 2 fully saturated rings. The van der Waals surface area contributed by atoms with E-state index in [4.69, 9.17) is 4.74 Å². The number of hydrogen-bond acceptors (Lipinski definition) is 5. The summed E-state index contributed by atoms with van der Waals surface area (Å²) in [5, 5.41) is 3.82. The summed E-state index contributed by atoms with van der Waals surface area (Å²) in [7, 11) is 4.01. The second-order valence-electron chi connectivity index (χ2n) is 6.27. The van der Waals surface area contributed by atoms with E-state index in [1.165, 1.54) is 24.3 Å². The molecule has 2 aliphatic heterocycles. The van der Waals surface area contributed by atoms with Gasteiger partial charge in [-0.25, -0.2) is 0 Å². The summed E-state index contributed by atoms with van der Waals surface area (Å²) in [5.74, 6) is 1.42. The summed E-state index contributed by atoms with van der Waals surface area (Å²) >= 11 is 0. The van der Waals surface area contributed by atoms with Crippen LogP contribution in [0, 0.1) is 0 Å². The molecule has 0 unspecified atom stereocenters. The fraction of sp³-hybridized carbons (Fsp3) is 0.611. The Kier molecular flexibility index (Phi) is 7.17. The van der Waals surface area contributed by atoms with Gasteiger partial charge in [0.1, 0.15) is 0 Å². The number of morpholine rings is 1. The smallest absolute Gasteiger partial charge is 0.224 e.